The molecule has 0 fully saturated rings. The second-order valence-corrected chi connectivity index (χ2v) is 5.92. The van der Waals surface area contributed by atoms with Crippen LogP contribution in [-0.2, 0) is 17.1 Å². The number of nitrogens with zero attached hydrogens (tertiary/aromatic N) is 3. The molecule has 0 amide bonds. The predicted molar refractivity (Wildman–Crippen MR) is 64.4 cm³/mol. The lowest BCUT2D eigenvalue weighted by Gasteiger charge is -2.22. The van der Waals surface area contributed by atoms with Gasteiger partial charge in [-0.2, -0.15) is 9.40 Å². The zero-order chi connectivity index (χ0) is 12.5. The van der Waals surface area contributed by atoms with Gasteiger partial charge in [0.25, 0.3) is 0 Å². The third-order valence-electron chi connectivity index (χ3n) is 2.32. The van der Waals surface area contributed by atoms with Crippen LogP contribution in [0.4, 0.5) is 0 Å². The van der Waals surface area contributed by atoms with Crippen molar-refractivity contribution >= 4 is 27.2 Å². The largest absolute Gasteiger partial charge is 0.392 e. The highest BCUT2D eigenvalue weighted by molar-refractivity contribution is 7.89. The maximum Gasteiger partial charge on any atom is 0.246 e. The lowest BCUT2D eigenvalue weighted by atomic mass is 10.3. The molecule has 1 atom stereocenters. The van der Waals surface area contributed by atoms with Crippen LogP contribution in [0.1, 0.15) is 6.92 Å². The summed E-state index contributed by atoms with van der Waals surface area (Å²) >= 11 is 4.77. The highest BCUT2D eigenvalue weighted by Gasteiger charge is 2.27. The highest BCUT2D eigenvalue weighted by Crippen LogP contribution is 2.15. The van der Waals surface area contributed by atoms with E-state index in [1.54, 1.807) is 14.0 Å². The zero-order valence-corrected chi connectivity index (χ0v) is 10.9. The number of aromatic nitrogens is 2. The molecule has 0 radical (unpaired) electrons. The van der Waals surface area contributed by atoms with E-state index in [1.807, 2.05) is 0 Å². The molecule has 1 rings (SSSR count). The van der Waals surface area contributed by atoms with Gasteiger partial charge in [-0.3, -0.25) is 4.68 Å². The number of sulfonamides is 1. The van der Waals surface area contributed by atoms with Gasteiger partial charge in [0, 0.05) is 20.3 Å². The zero-order valence-electron chi connectivity index (χ0n) is 9.28. The van der Waals surface area contributed by atoms with Gasteiger partial charge in [-0.25, -0.2) is 8.42 Å². The summed E-state index contributed by atoms with van der Waals surface area (Å²) < 4.78 is 26.7. The highest BCUT2D eigenvalue weighted by atomic mass is 32.2. The monoisotopic (exact) mass is 262 g/mol. The van der Waals surface area contributed by atoms with E-state index in [1.165, 1.54) is 24.1 Å². The van der Waals surface area contributed by atoms with Crippen molar-refractivity contribution in [2.75, 3.05) is 7.05 Å². The van der Waals surface area contributed by atoms with Gasteiger partial charge in [-0.05, 0) is 6.92 Å². The number of hydrogen-bond donors (Lipinski definition) is 1. The maximum atomic E-state index is 12.0. The SMILES string of the molecule is CC(C(N)=S)N(C)S(=O)(=O)c1cnn(C)c1. The molecule has 8 heteroatoms. The number of likely N-dealkylation sites (N-methyl/N-ethyl adjacent to an activating group) is 1. The molecule has 16 heavy (non-hydrogen) atoms. The van der Waals surface area contributed by atoms with Crippen LogP contribution >= 0.6 is 12.2 Å². The summed E-state index contributed by atoms with van der Waals surface area (Å²) in [6.07, 6.45) is 2.72. The number of aryl methyl sites for hydroxylation is 1. The lowest BCUT2D eigenvalue weighted by Crippen LogP contribution is -2.42. The first kappa shape index (κ1) is 13.1. The van der Waals surface area contributed by atoms with Gasteiger partial charge in [-0.15, -0.1) is 0 Å². The molecule has 90 valence electrons. The first-order valence-corrected chi connectivity index (χ1v) is 6.37. The minimum atomic E-state index is -3.58. The minimum Gasteiger partial charge on any atom is -0.392 e. The molecular formula is C8H14N4O2S2. The third kappa shape index (κ3) is 2.39. The summed E-state index contributed by atoms with van der Waals surface area (Å²) in [6, 6.07) is -0.528. The van der Waals surface area contributed by atoms with Crippen molar-refractivity contribution in [2.24, 2.45) is 12.8 Å². The van der Waals surface area contributed by atoms with Crippen LogP contribution in [0, 0.1) is 0 Å². The Morgan fingerprint density at radius 3 is 2.62 bits per heavy atom. The van der Waals surface area contributed by atoms with E-state index in [4.69, 9.17) is 18.0 Å². The van der Waals surface area contributed by atoms with Crippen LogP contribution in [0.15, 0.2) is 17.3 Å². The average molecular weight is 262 g/mol. The Hall–Kier alpha value is -0.990. The first-order chi connectivity index (χ1) is 7.26. The fourth-order valence-electron chi connectivity index (χ4n) is 1.09. The first-order valence-electron chi connectivity index (χ1n) is 4.53. The molecule has 1 aromatic rings. The molecule has 0 saturated heterocycles. The quantitative estimate of drug-likeness (QED) is 0.754. The van der Waals surface area contributed by atoms with E-state index in [-0.39, 0.29) is 9.88 Å². The van der Waals surface area contributed by atoms with Gasteiger partial charge in [-0.1, -0.05) is 12.2 Å². The molecule has 0 aliphatic carbocycles. The molecule has 0 aliphatic heterocycles. The van der Waals surface area contributed by atoms with E-state index >= 15 is 0 Å². The Morgan fingerprint density at radius 1 is 1.69 bits per heavy atom. The Kier molecular flexibility index (Phi) is 3.66. The molecule has 1 heterocycles. The summed E-state index contributed by atoms with van der Waals surface area (Å²) in [5.74, 6) is 0. The molecule has 0 bridgehead atoms. The van der Waals surface area contributed by atoms with Crippen molar-refractivity contribution in [3.63, 3.8) is 0 Å². The summed E-state index contributed by atoms with van der Waals surface area (Å²) in [5.41, 5.74) is 5.42. The second-order valence-electron chi connectivity index (χ2n) is 3.45. The third-order valence-corrected chi connectivity index (χ3v) is 4.54. The molecule has 0 saturated carbocycles. The van der Waals surface area contributed by atoms with Gasteiger partial charge < -0.3 is 5.73 Å². The number of hydrogen-bond acceptors (Lipinski definition) is 4. The minimum absolute atomic E-state index is 0.126. The summed E-state index contributed by atoms with van der Waals surface area (Å²) in [7, 11) is -0.494. The van der Waals surface area contributed by atoms with Gasteiger partial charge in [0.2, 0.25) is 10.0 Å². The average Bonchev–Trinajstić information content (AvgIpc) is 2.62. The number of nitrogens with two attached hydrogens (primary N) is 1. The molecular weight excluding hydrogens is 248 g/mol. The topological polar surface area (TPSA) is 81.2 Å². The van der Waals surface area contributed by atoms with Crippen LogP contribution in [0.3, 0.4) is 0 Å². The second kappa shape index (κ2) is 4.48. The van der Waals surface area contributed by atoms with Crippen molar-refractivity contribution in [3.8, 4) is 0 Å². The van der Waals surface area contributed by atoms with E-state index in [2.05, 4.69) is 5.10 Å². The fourth-order valence-corrected chi connectivity index (χ4v) is 2.64. The van der Waals surface area contributed by atoms with E-state index in [9.17, 15) is 8.42 Å². The van der Waals surface area contributed by atoms with E-state index < -0.39 is 16.1 Å². The Labute approximate surface area is 100 Å². The number of thiocarbonyl (C=S) groups is 1. The Morgan fingerprint density at radius 2 is 2.25 bits per heavy atom. The molecule has 0 spiro atoms. The van der Waals surface area contributed by atoms with E-state index in [0.29, 0.717) is 0 Å². The standard InChI is InChI=1S/C8H14N4O2S2/c1-6(8(9)15)12(3)16(13,14)7-4-10-11(2)5-7/h4-6H,1-3H3,(H2,9,15). The van der Waals surface area contributed by atoms with Crippen LogP contribution < -0.4 is 5.73 Å². The smallest absolute Gasteiger partial charge is 0.246 e. The molecule has 0 aliphatic rings. The van der Waals surface area contributed by atoms with Gasteiger partial charge >= 0.3 is 0 Å². The maximum absolute atomic E-state index is 12.0. The van der Waals surface area contributed by atoms with Crippen LogP contribution in [0.2, 0.25) is 0 Å². The summed E-state index contributed by atoms with van der Waals surface area (Å²) in [5, 5.41) is 3.82. The summed E-state index contributed by atoms with van der Waals surface area (Å²) in [4.78, 5) is 0.260. The summed E-state index contributed by atoms with van der Waals surface area (Å²) in [6.45, 7) is 1.64. The molecule has 1 aromatic heterocycles. The molecule has 1 unspecified atom stereocenters. The number of rotatable bonds is 4. The van der Waals surface area contributed by atoms with Gasteiger partial charge in [0.1, 0.15) is 4.90 Å². The Bertz CT molecular complexity index is 494. The van der Waals surface area contributed by atoms with Gasteiger partial charge in [0.05, 0.1) is 17.2 Å². The lowest BCUT2D eigenvalue weighted by molar-refractivity contribution is 0.451. The molecule has 0 aromatic carbocycles. The molecule has 6 nitrogen and oxygen atoms in total. The predicted octanol–water partition coefficient (Wildman–Crippen LogP) is -0.285. The fraction of sp³-hybridized carbons (Fsp3) is 0.500. The normalized spacial score (nSPS) is 14.0. The van der Waals surface area contributed by atoms with Crippen LogP contribution in [0.25, 0.3) is 0 Å². The van der Waals surface area contributed by atoms with Crippen molar-refractivity contribution < 1.29 is 8.42 Å². The van der Waals surface area contributed by atoms with Crippen LogP contribution in [-0.4, -0.2) is 40.6 Å². The van der Waals surface area contributed by atoms with Crippen molar-refractivity contribution in [3.05, 3.63) is 12.4 Å². The Balaban J connectivity index is 3.08. The van der Waals surface area contributed by atoms with Crippen molar-refractivity contribution in [2.45, 2.75) is 17.9 Å². The van der Waals surface area contributed by atoms with Crippen molar-refractivity contribution in [1.82, 2.24) is 14.1 Å². The molecule has 2 N–H and O–H groups in total. The van der Waals surface area contributed by atoms with Crippen LogP contribution in [0.5, 0.6) is 0 Å². The van der Waals surface area contributed by atoms with Gasteiger partial charge in [0.15, 0.2) is 0 Å². The van der Waals surface area contributed by atoms with E-state index in [0.717, 1.165) is 4.31 Å². The van der Waals surface area contributed by atoms with Crippen molar-refractivity contribution in [1.29, 1.82) is 0 Å².